The van der Waals surface area contributed by atoms with Crippen molar-refractivity contribution in [3.63, 3.8) is 0 Å². The van der Waals surface area contributed by atoms with Crippen LogP contribution in [0.3, 0.4) is 0 Å². The highest BCUT2D eigenvalue weighted by atomic mass is 16.3. The quantitative estimate of drug-likeness (QED) is 0.887. The summed E-state index contributed by atoms with van der Waals surface area (Å²) >= 11 is 0. The van der Waals surface area contributed by atoms with E-state index >= 15 is 0 Å². The number of hydrogen-bond acceptors (Lipinski definition) is 3. The van der Waals surface area contributed by atoms with Crippen LogP contribution < -0.4 is 10.4 Å². The molecule has 1 aliphatic carbocycles. The molecule has 0 saturated heterocycles. The first-order chi connectivity index (χ1) is 11.6. The lowest BCUT2D eigenvalue weighted by Crippen LogP contribution is -2.16. The molecular weight excluding hydrogens is 296 g/mol. The number of benzene rings is 1. The molecule has 1 heterocycles. The van der Waals surface area contributed by atoms with Gasteiger partial charge in [0.15, 0.2) is 0 Å². The smallest absolute Gasteiger partial charge is 0.0701 e. The molecule has 0 spiro atoms. The fourth-order valence-corrected chi connectivity index (χ4v) is 2.82. The Morgan fingerprint density at radius 2 is 2.12 bits per heavy atom. The van der Waals surface area contributed by atoms with Crippen LogP contribution in [0, 0.1) is 0 Å². The van der Waals surface area contributed by atoms with Gasteiger partial charge in [0.05, 0.1) is 5.69 Å². The van der Waals surface area contributed by atoms with Crippen molar-refractivity contribution in [1.29, 1.82) is 0 Å². The summed E-state index contributed by atoms with van der Waals surface area (Å²) in [4.78, 5) is 4.09. The zero-order valence-corrected chi connectivity index (χ0v) is 13.9. The second kappa shape index (κ2) is 6.75. The fraction of sp³-hybridized carbons (Fsp3) is 0.190. The van der Waals surface area contributed by atoms with E-state index in [9.17, 15) is 5.11 Å². The first kappa shape index (κ1) is 16.1. The van der Waals surface area contributed by atoms with E-state index in [1.165, 1.54) is 0 Å². The lowest BCUT2D eigenvalue weighted by molar-refractivity contribution is -0.209. The van der Waals surface area contributed by atoms with Crippen molar-refractivity contribution < 1.29 is 5.11 Å². The Labute approximate surface area is 143 Å². The number of allylic oxidation sites excluding steroid dienone is 6. The van der Waals surface area contributed by atoms with Crippen LogP contribution in [0.25, 0.3) is 5.57 Å². The number of para-hydroxylation sites is 1. The minimum atomic E-state index is -0.193. The van der Waals surface area contributed by atoms with Crippen molar-refractivity contribution in [2.24, 2.45) is 4.99 Å². The van der Waals surface area contributed by atoms with Gasteiger partial charge in [0, 0.05) is 17.0 Å². The Kier molecular flexibility index (Phi) is 4.52. The summed E-state index contributed by atoms with van der Waals surface area (Å²) in [7, 11) is 0. The molecule has 1 aliphatic heterocycles. The van der Waals surface area contributed by atoms with E-state index in [0.29, 0.717) is 5.57 Å². The molecule has 0 amide bonds. The van der Waals surface area contributed by atoms with Crippen molar-refractivity contribution in [1.82, 2.24) is 5.32 Å². The van der Waals surface area contributed by atoms with Crippen LogP contribution in [0.2, 0.25) is 0 Å². The van der Waals surface area contributed by atoms with Gasteiger partial charge in [0.2, 0.25) is 0 Å². The van der Waals surface area contributed by atoms with Crippen LogP contribution in [-0.2, 0) is 0 Å². The summed E-state index contributed by atoms with van der Waals surface area (Å²) in [6, 6.07) is 7.60. The molecule has 0 radical (unpaired) electrons. The van der Waals surface area contributed by atoms with Gasteiger partial charge >= 0.3 is 0 Å². The Hall–Kier alpha value is -2.81. The van der Waals surface area contributed by atoms with Gasteiger partial charge in [-0.05, 0) is 60.1 Å². The Balaban J connectivity index is 1.84. The number of rotatable bonds is 5. The maximum atomic E-state index is 12.2. The number of nitrogens with zero attached hydrogens (tertiary/aromatic N) is 1. The summed E-state index contributed by atoms with van der Waals surface area (Å²) < 4.78 is 0. The Morgan fingerprint density at radius 3 is 2.92 bits per heavy atom. The zero-order valence-electron chi connectivity index (χ0n) is 13.9. The maximum Gasteiger partial charge on any atom is 0.0701 e. The molecule has 0 bridgehead atoms. The number of aliphatic imine (C=N–C) groups is 1. The lowest BCUT2D eigenvalue weighted by atomic mass is 9.94. The second-order valence-corrected chi connectivity index (χ2v) is 5.97. The molecule has 3 heteroatoms. The largest absolute Gasteiger partial charge is 0.858 e. The second-order valence-electron chi connectivity index (χ2n) is 5.97. The monoisotopic (exact) mass is 317 g/mol. The molecule has 1 N–H and O–H groups in total. The van der Waals surface area contributed by atoms with Gasteiger partial charge in [-0.2, -0.15) is 0 Å². The van der Waals surface area contributed by atoms with E-state index in [4.69, 9.17) is 0 Å². The van der Waals surface area contributed by atoms with Crippen molar-refractivity contribution in [3.8, 4) is 0 Å². The third kappa shape index (κ3) is 3.25. The van der Waals surface area contributed by atoms with Gasteiger partial charge in [-0.15, -0.1) is 0 Å². The van der Waals surface area contributed by atoms with E-state index in [0.717, 1.165) is 53.1 Å². The molecule has 3 rings (SSSR count). The summed E-state index contributed by atoms with van der Waals surface area (Å²) in [5.74, 6) is -0.193. The minimum absolute atomic E-state index is 0.193. The first-order valence-electron chi connectivity index (χ1n) is 8.20. The van der Waals surface area contributed by atoms with Crippen molar-refractivity contribution >= 4 is 17.2 Å². The first-order valence-corrected chi connectivity index (χ1v) is 8.20. The summed E-state index contributed by atoms with van der Waals surface area (Å²) in [5, 5.41) is 15.5. The number of hydrogen-bond donors (Lipinski definition) is 1. The predicted octanol–water partition coefficient (Wildman–Crippen LogP) is 4.15. The standard InChI is InChI=1S/C21H22N2O/c1-4-15(3)22-17-9-7-8-16(13-17)14(2)12-19-18-10-5-6-11-20(18)23-21(19)24/h5-6,9-13,22H,2-4,7-8H2,1H3,(H,23,24)/p-1/b19-12+. The van der Waals surface area contributed by atoms with Crippen LogP contribution in [0.4, 0.5) is 5.69 Å². The summed E-state index contributed by atoms with van der Waals surface area (Å²) in [6.45, 7) is 10.2. The van der Waals surface area contributed by atoms with Gasteiger partial charge < -0.3 is 10.4 Å². The molecule has 1 aromatic rings. The third-order valence-electron chi connectivity index (χ3n) is 4.23. The molecule has 0 saturated carbocycles. The Bertz CT molecular complexity index is 822. The normalized spacial score (nSPS) is 17.7. The number of fused-ring (bicyclic) bond motifs is 1. The summed E-state index contributed by atoms with van der Waals surface area (Å²) in [5.41, 5.74) is 6.27. The molecule has 1 aromatic carbocycles. The molecule has 0 fully saturated rings. The molecular formula is C21H21N2O-. The van der Waals surface area contributed by atoms with E-state index in [1.807, 2.05) is 30.3 Å². The third-order valence-corrected chi connectivity index (χ3v) is 4.23. The van der Waals surface area contributed by atoms with Gasteiger partial charge in [0.25, 0.3) is 0 Å². The average Bonchev–Trinajstić information content (AvgIpc) is 2.90. The van der Waals surface area contributed by atoms with Gasteiger partial charge in [-0.3, -0.25) is 4.99 Å². The molecule has 122 valence electrons. The highest BCUT2D eigenvalue weighted by Gasteiger charge is 2.15. The van der Waals surface area contributed by atoms with Crippen molar-refractivity contribution in [2.75, 3.05) is 0 Å². The number of nitrogens with one attached hydrogen (secondary N) is 1. The Morgan fingerprint density at radius 1 is 1.33 bits per heavy atom. The predicted molar refractivity (Wildman–Crippen MR) is 98.6 cm³/mol. The zero-order chi connectivity index (χ0) is 17.1. The van der Waals surface area contributed by atoms with E-state index in [-0.39, 0.29) is 5.90 Å². The topological polar surface area (TPSA) is 47.4 Å². The van der Waals surface area contributed by atoms with E-state index in [2.05, 4.69) is 42.5 Å². The van der Waals surface area contributed by atoms with Crippen molar-refractivity contribution in [3.05, 3.63) is 83.8 Å². The SMILES string of the molecule is C=C(CC)NC1=CCCC(C(=C)/C=C2/C([O-])=Nc3ccccc32)=C1. The molecule has 2 aliphatic rings. The van der Waals surface area contributed by atoms with Gasteiger partial charge in [-0.1, -0.05) is 44.4 Å². The fourth-order valence-electron chi connectivity index (χ4n) is 2.82. The van der Waals surface area contributed by atoms with Crippen LogP contribution in [0.5, 0.6) is 0 Å². The van der Waals surface area contributed by atoms with E-state index in [1.54, 1.807) is 0 Å². The van der Waals surface area contributed by atoms with Gasteiger partial charge in [-0.25, -0.2) is 0 Å². The highest BCUT2D eigenvalue weighted by molar-refractivity contribution is 6.23. The molecule has 0 atom stereocenters. The maximum absolute atomic E-state index is 12.2. The average molecular weight is 317 g/mol. The van der Waals surface area contributed by atoms with Crippen molar-refractivity contribution in [2.45, 2.75) is 26.2 Å². The molecule has 0 aromatic heterocycles. The van der Waals surface area contributed by atoms with Crippen LogP contribution >= 0.6 is 0 Å². The molecule has 3 nitrogen and oxygen atoms in total. The highest BCUT2D eigenvalue weighted by Crippen LogP contribution is 2.35. The van der Waals surface area contributed by atoms with Gasteiger partial charge in [0.1, 0.15) is 0 Å². The summed E-state index contributed by atoms with van der Waals surface area (Å²) in [6.07, 6.45) is 8.86. The minimum Gasteiger partial charge on any atom is -0.858 e. The van der Waals surface area contributed by atoms with Crippen LogP contribution in [0.15, 0.2) is 83.2 Å². The lowest BCUT2D eigenvalue weighted by Gasteiger charge is -2.17. The molecule has 24 heavy (non-hydrogen) atoms. The molecule has 0 unspecified atom stereocenters. The van der Waals surface area contributed by atoms with E-state index < -0.39 is 0 Å². The van der Waals surface area contributed by atoms with Crippen LogP contribution in [0.1, 0.15) is 31.7 Å². The van der Waals surface area contributed by atoms with Crippen LogP contribution in [-0.4, -0.2) is 5.90 Å².